The Morgan fingerprint density at radius 3 is 2.65 bits per heavy atom. The zero-order valence-corrected chi connectivity index (χ0v) is 13.9. The number of rotatable bonds is 6. The van der Waals surface area contributed by atoms with Gasteiger partial charge in [0.1, 0.15) is 5.75 Å². The van der Waals surface area contributed by atoms with Gasteiger partial charge < -0.3 is 14.4 Å². The number of hydrogen-bond donors (Lipinski definition) is 0. The van der Waals surface area contributed by atoms with E-state index in [9.17, 15) is 9.59 Å². The van der Waals surface area contributed by atoms with Gasteiger partial charge in [-0.2, -0.15) is 0 Å². The molecule has 0 aliphatic carbocycles. The number of carbonyl (C=O) groups excluding carboxylic acids is 2. The van der Waals surface area contributed by atoms with Crippen LogP contribution in [0.3, 0.4) is 0 Å². The number of likely N-dealkylation sites (tertiary alicyclic amines) is 1. The van der Waals surface area contributed by atoms with Crippen molar-refractivity contribution >= 4 is 11.9 Å². The molecule has 1 heterocycles. The molecule has 5 heteroatoms. The average Bonchev–Trinajstić information content (AvgIpc) is 2.55. The van der Waals surface area contributed by atoms with Crippen LogP contribution in [0, 0.1) is 6.92 Å². The van der Waals surface area contributed by atoms with Crippen LogP contribution in [0.5, 0.6) is 5.75 Å². The second kappa shape index (κ2) is 8.56. The van der Waals surface area contributed by atoms with Crippen LogP contribution in [-0.4, -0.2) is 42.6 Å². The van der Waals surface area contributed by atoms with E-state index in [0.717, 1.165) is 37.1 Å². The Bertz CT molecular complexity index is 526. The number of nitrogens with zero attached hydrogens (tertiary/aromatic N) is 1. The van der Waals surface area contributed by atoms with E-state index < -0.39 is 5.97 Å². The SMILES string of the molecule is Cc1ccc(OCCC(=O)OCC(=O)N2CCCCC2C)cc1. The number of ether oxygens (including phenoxy) is 2. The normalized spacial score (nSPS) is 17.7. The largest absolute Gasteiger partial charge is 0.493 e. The van der Waals surface area contributed by atoms with Crippen LogP contribution >= 0.6 is 0 Å². The first-order valence-electron chi connectivity index (χ1n) is 8.21. The van der Waals surface area contributed by atoms with Gasteiger partial charge in [-0.05, 0) is 45.2 Å². The van der Waals surface area contributed by atoms with Crippen molar-refractivity contribution in [3.63, 3.8) is 0 Å². The summed E-state index contributed by atoms with van der Waals surface area (Å²) in [4.78, 5) is 25.5. The molecule has 1 fully saturated rings. The lowest BCUT2D eigenvalue weighted by Gasteiger charge is -2.33. The maximum Gasteiger partial charge on any atom is 0.309 e. The van der Waals surface area contributed by atoms with Crippen molar-refractivity contribution < 1.29 is 19.1 Å². The molecule has 1 unspecified atom stereocenters. The molecule has 0 spiro atoms. The van der Waals surface area contributed by atoms with E-state index in [4.69, 9.17) is 9.47 Å². The Morgan fingerprint density at radius 1 is 1.22 bits per heavy atom. The lowest BCUT2D eigenvalue weighted by Crippen LogP contribution is -2.44. The highest BCUT2D eigenvalue weighted by atomic mass is 16.5. The third kappa shape index (κ3) is 5.58. The summed E-state index contributed by atoms with van der Waals surface area (Å²) >= 11 is 0. The molecule has 23 heavy (non-hydrogen) atoms. The molecule has 1 saturated heterocycles. The minimum Gasteiger partial charge on any atom is -0.493 e. The van der Waals surface area contributed by atoms with Gasteiger partial charge in [-0.25, -0.2) is 0 Å². The fourth-order valence-electron chi connectivity index (χ4n) is 2.65. The van der Waals surface area contributed by atoms with Crippen molar-refractivity contribution in [2.45, 2.75) is 45.6 Å². The third-order valence-electron chi connectivity index (χ3n) is 4.08. The number of piperidine rings is 1. The number of aryl methyl sites for hydroxylation is 1. The maximum atomic E-state index is 12.1. The van der Waals surface area contributed by atoms with Gasteiger partial charge >= 0.3 is 5.97 Å². The molecule has 1 aliphatic rings. The van der Waals surface area contributed by atoms with Crippen LogP contribution in [-0.2, 0) is 14.3 Å². The number of benzene rings is 1. The summed E-state index contributed by atoms with van der Waals surface area (Å²) < 4.78 is 10.5. The summed E-state index contributed by atoms with van der Waals surface area (Å²) in [5, 5.41) is 0. The Morgan fingerprint density at radius 2 is 1.96 bits per heavy atom. The minimum atomic E-state index is -0.407. The third-order valence-corrected chi connectivity index (χ3v) is 4.08. The van der Waals surface area contributed by atoms with Crippen molar-refractivity contribution in [1.29, 1.82) is 0 Å². The summed E-state index contributed by atoms with van der Waals surface area (Å²) in [6.45, 7) is 4.87. The molecule has 126 valence electrons. The van der Waals surface area contributed by atoms with Gasteiger partial charge in [0, 0.05) is 12.6 Å². The molecule has 0 N–H and O–H groups in total. The van der Waals surface area contributed by atoms with E-state index >= 15 is 0 Å². The molecular formula is C18H25NO4. The second-order valence-corrected chi connectivity index (χ2v) is 6.00. The van der Waals surface area contributed by atoms with Gasteiger partial charge in [-0.3, -0.25) is 9.59 Å². The molecular weight excluding hydrogens is 294 g/mol. The van der Waals surface area contributed by atoms with Gasteiger partial charge in [0.25, 0.3) is 5.91 Å². The summed E-state index contributed by atoms with van der Waals surface area (Å²) in [7, 11) is 0. The molecule has 1 atom stereocenters. The van der Waals surface area contributed by atoms with Gasteiger partial charge in [0.15, 0.2) is 6.61 Å². The van der Waals surface area contributed by atoms with E-state index in [0.29, 0.717) is 0 Å². The first-order chi connectivity index (χ1) is 11.1. The van der Waals surface area contributed by atoms with E-state index in [-0.39, 0.29) is 31.6 Å². The van der Waals surface area contributed by atoms with Crippen LogP contribution in [0.2, 0.25) is 0 Å². The molecule has 0 aromatic heterocycles. The quantitative estimate of drug-likeness (QED) is 0.757. The Labute approximate surface area is 137 Å². The van der Waals surface area contributed by atoms with Crippen molar-refractivity contribution in [1.82, 2.24) is 4.90 Å². The molecule has 0 saturated carbocycles. The lowest BCUT2D eigenvalue weighted by atomic mass is 10.0. The Hall–Kier alpha value is -2.04. The predicted octanol–water partition coefficient (Wildman–Crippen LogP) is 2.71. The summed E-state index contributed by atoms with van der Waals surface area (Å²) in [5.74, 6) is 0.210. The summed E-state index contributed by atoms with van der Waals surface area (Å²) in [6, 6.07) is 7.86. The van der Waals surface area contributed by atoms with Crippen LogP contribution in [0.25, 0.3) is 0 Å². The monoisotopic (exact) mass is 319 g/mol. The van der Waals surface area contributed by atoms with E-state index in [2.05, 4.69) is 0 Å². The molecule has 2 rings (SSSR count). The first kappa shape index (κ1) is 17.3. The van der Waals surface area contributed by atoms with Crippen molar-refractivity contribution in [3.05, 3.63) is 29.8 Å². The van der Waals surface area contributed by atoms with Crippen molar-refractivity contribution in [2.75, 3.05) is 19.8 Å². The molecule has 1 aromatic carbocycles. The van der Waals surface area contributed by atoms with Crippen molar-refractivity contribution in [3.8, 4) is 5.75 Å². The van der Waals surface area contributed by atoms with Gasteiger partial charge in [0.05, 0.1) is 13.0 Å². The topological polar surface area (TPSA) is 55.8 Å². The molecule has 1 aliphatic heterocycles. The highest BCUT2D eigenvalue weighted by Crippen LogP contribution is 2.16. The number of esters is 1. The lowest BCUT2D eigenvalue weighted by molar-refractivity contribution is -0.153. The van der Waals surface area contributed by atoms with Crippen LogP contribution < -0.4 is 4.74 Å². The summed E-state index contributed by atoms with van der Waals surface area (Å²) in [5.41, 5.74) is 1.15. The van der Waals surface area contributed by atoms with E-state index in [1.165, 1.54) is 0 Å². The highest BCUT2D eigenvalue weighted by molar-refractivity contribution is 5.81. The zero-order valence-electron chi connectivity index (χ0n) is 13.9. The van der Waals surface area contributed by atoms with Crippen LogP contribution in [0.1, 0.15) is 38.2 Å². The highest BCUT2D eigenvalue weighted by Gasteiger charge is 2.23. The molecule has 0 radical (unpaired) electrons. The molecule has 1 amide bonds. The smallest absolute Gasteiger partial charge is 0.309 e. The number of carbonyl (C=O) groups is 2. The predicted molar refractivity (Wildman–Crippen MR) is 87.3 cm³/mol. The van der Waals surface area contributed by atoms with Crippen LogP contribution in [0.15, 0.2) is 24.3 Å². The zero-order chi connectivity index (χ0) is 16.7. The fraction of sp³-hybridized carbons (Fsp3) is 0.556. The van der Waals surface area contributed by atoms with Gasteiger partial charge in [-0.15, -0.1) is 0 Å². The number of hydrogen-bond acceptors (Lipinski definition) is 4. The minimum absolute atomic E-state index is 0.106. The maximum absolute atomic E-state index is 12.1. The fourth-order valence-corrected chi connectivity index (χ4v) is 2.65. The Balaban J connectivity index is 1.64. The van der Waals surface area contributed by atoms with E-state index in [1.54, 1.807) is 4.90 Å². The first-order valence-corrected chi connectivity index (χ1v) is 8.21. The molecule has 1 aromatic rings. The van der Waals surface area contributed by atoms with Crippen molar-refractivity contribution in [2.24, 2.45) is 0 Å². The second-order valence-electron chi connectivity index (χ2n) is 6.00. The van der Waals surface area contributed by atoms with Gasteiger partial charge in [-0.1, -0.05) is 17.7 Å². The number of amides is 1. The molecule has 0 bridgehead atoms. The Kier molecular flexibility index (Phi) is 6.44. The molecule has 5 nitrogen and oxygen atoms in total. The standard InChI is InChI=1S/C18H25NO4/c1-14-6-8-16(9-7-14)22-12-10-18(21)23-13-17(20)19-11-4-3-5-15(19)2/h6-9,15H,3-5,10-13H2,1-2H3. The van der Waals surface area contributed by atoms with Crippen LogP contribution in [0.4, 0.5) is 0 Å². The summed E-state index contributed by atoms with van der Waals surface area (Å²) in [6.07, 6.45) is 3.33. The van der Waals surface area contributed by atoms with E-state index in [1.807, 2.05) is 38.1 Å². The van der Waals surface area contributed by atoms with Gasteiger partial charge in [0.2, 0.25) is 0 Å². The average molecular weight is 319 g/mol.